The predicted octanol–water partition coefficient (Wildman–Crippen LogP) is 6.14. The maximum atomic E-state index is 13.4. The van der Waals surface area contributed by atoms with Crippen LogP contribution in [0, 0.1) is 0 Å². The van der Waals surface area contributed by atoms with Gasteiger partial charge in [0, 0.05) is 18.5 Å². The molecular weight excluding hydrogens is 497 g/mol. The summed E-state index contributed by atoms with van der Waals surface area (Å²) in [4.78, 5) is 16.6. The van der Waals surface area contributed by atoms with Gasteiger partial charge in [-0.15, -0.1) is 0 Å². The number of ether oxygens (including phenoxy) is 2. The Kier molecular flexibility index (Phi) is 8.58. The summed E-state index contributed by atoms with van der Waals surface area (Å²) in [5.41, 5.74) is 3.38. The lowest BCUT2D eigenvalue weighted by Gasteiger charge is -2.18. The lowest BCUT2D eigenvalue weighted by molar-refractivity contribution is -0.153. The van der Waals surface area contributed by atoms with E-state index in [1.165, 1.54) is 12.1 Å². The van der Waals surface area contributed by atoms with Crippen molar-refractivity contribution < 1.29 is 34.0 Å². The molecule has 1 atom stereocenters. The number of aliphatic hydroxyl groups is 1. The molecule has 1 amide bonds. The molecule has 4 rings (SSSR count). The molecule has 1 aromatic heterocycles. The Morgan fingerprint density at radius 3 is 2.61 bits per heavy atom. The third-order valence-electron chi connectivity index (χ3n) is 5.95. The fraction of sp³-hybridized carbons (Fsp3) is 0.276. The normalized spacial score (nSPS) is 12.3. The summed E-state index contributed by atoms with van der Waals surface area (Å²) in [5, 5.41) is 13.9. The monoisotopic (exact) mass is 528 g/mol. The highest BCUT2D eigenvalue weighted by Gasteiger charge is 2.28. The third kappa shape index (κ3) is 6.86. The number of rotatable bonds is 11. The molecule has 4 aromatic rings. The number of carbonyl (C=O) groups excluding carboxylic acids is 1. The van der Waals surface area contributed by atoms with Crippen molar-refractivity contribution in [2.45, 2.75) is 32.0 Å². The van der Waals surface area contributed by atoms with E-state index in [-0.39, 0.29) is 19.3 Å². The van der Waals surface area contributed by atoms with Gasteiger partial charge in [0.1, 0.15) is 11.5 Å². The smallest absolute Gasteiger partial charge is 0.422 e. The molecule has 0 bridgehead atoms. The van der Waals surface area contributed by atoms with Gasteiger partial charge in [0.05, 0.1) is 24.8 Å². The number of aromatic amines is 1. The first kappa shape index (κ1) is 27.1. The number of alkyl halides is 3. The van der Waals surface area contributed by atoms with Crippen LogP contribution in [0.2, 0.25) is 0 Å². The number of halogens is 3. The molecule has 0 unspecified atom stereocenters. The average molecular weight is 529 g/mol. The molecule has 0 spiro atoms. The molecule has 0 fully saturated rings. The van der Waals surface area contributed by atoms with E-state index in [0.717, 1.165) is 22.9 Å². The summed E-state index contributed by atoms with van der Waals surface area (Å²) in [6.45, 7) is 0.685. The molecule has 202 valence electrons. The minimum absolute atomic E-state index is 0. The molecular formula is C29H31F3N2O4. The first-order valence-corrected chi connectivity index (χ1v) is 12.3. The Hall–Kier alpha value is -3.98. The highest BCUT2D eigenvalue weighted by molar-refractivity contribution is 5.98. The quantitative estimate of drug-likeness (QED) is 0.218. The van der Waals surface area contributed by atoms with Crippen LogP contribution >= 0.6 is 0 Å². The lowest BCUT2D eigenvalue weighted by Crippen LogP contribution is -2.39. The number of fused-ring (bicyclic) bond motifs is 1. The minimum Gasteiger partial charge on any atom is -0.493 e. The Balaban J connectivity index is 0.00000420. The van der Waals surface area contributed by atoms with Gasteiger partial charge in [0.2, 0.25) is 0 Å². The van der Waals surface area contributed by atoms with Crippen molar-refractivity contribution in [2.24, 2.45) is 0 Å². The van der Waals surface area contributed by atoms with Crippen molar-refractivity contribution in [1.29, 1.82) is 0 Å². The zero-order chi connectivity index (χ0) is 27.1. The number of aromatic nitrogens is 1. The van der Waals surface area contributed by atoms with Gasteiger partial charge in [-0.25, -0.2) is 0 Å². The Bertz CT molecular complexity index is 1390. The Morgan fingerprint density at radius 1 is 1.05 bits per heavy atom. The fourth-order valence-electron chi connectivity index (χ4n) is 4.15. The summed E-state index contributed by atoms with van der Waals surface area (Å²) in [6, 6.07) is 18.5. The second-order valence-corrected chi connectivity index (χ2v) is 8.91. The largest absolute Gasteiger partial charge is 0.493 e. The van der Waals surface area contributed by atoms with Gasteiger partial charge in [-0.2, -0.15) is 13.2 Å². The van der Waals surface area contributed by atoms with Crippen LogP contribution in [0.4, 0.5) is 13.2 Å². The Labute approximate surface area is 219 Å². The lowest BCUT2D eigenvalue weighted by atomic mass is 10.0. The molecule has 9 heteroatoms. The van der Waals surface area contributed by atoms with E-state index in [1.54, 1.807) is 30.3 Å². The average Bonchev–Trinajstić information content (AvgIpc) is 3.32. The topological polar surface area (TPSA) is 83.6 Å². The van der Waals surface area contributed by atoms with Gasteiger partial charge >= 0.3 is 6.18 Å². The molecule has 0 aliphatic heterocycles. The number of amides is 1. The molecule has 0 saturated carbocycles. The molecule has 3 N–H and O–H groups in total. The number of carbonyl (C=O) groups is 1. The maximum absolute atomic E-state index is 13.4. The van der Waals surface area contributed by atoms with Crippen LogP contribution in [0.5, 0.6) is 11.5 Å². The first-order chi connectivity index (χ1) is 18.3. The van der Waals surface area contributed by atoms with Crippen LogP contribution in [-0.4, -0.2) is 48.0 Å². The SMILES string of the molecule is CCCOc1ccc(-c2cccc(OCC(F)(F)F)c2)cc1C(=O)N[C@H](CO)Cc1c[nH]c2ccccc12.[HH]. The summed E-state index contributed by atoms with van der Waals surface area (Å²) < 4.78 is 48.4. The van der Waals surface area contributed by atoms with Crippen LogP contribution < -0.4 is 14.8 Å². The fourth-order valence-corrected chi connectivity index (χ4v) is 4.15. The molecule has 0 saturated heterocycles. The number of benzene rings is 3. The Morgan fingerprint density at radius 2 is 1.84 bits per heavy atom. The van der Waals surface area contributed by atoms with Crippen molar-refractivity contribution >= 4 is 16.8 Å². The standard InChI is InChI=1S/C29H29F3N2O4.H2/c1-2-12-37-27-11-10-20(19-6-5-7-23(14-19)38-18-29(30,31)32)15-25(27)28(36)34-22(17-35)13-21-16-33-26-9-4-3-8-24(21)26;/h3-11,14-16,22,33,35H,2,12-13,17-18H2,1H3,(H,34,36);1H/t22-;/m0./s1. The van der Waals surface area contributed by atoms with E-state index in [0.29, 0.717) is 29.9 Å². The number of aliphatic hydroxyl groups excluding tert-OH is 1. The van der Waals surface area contributed by atoms with Gasteiger partial charge in [0.25, 0.3) is 5.91 Å². The van der Waals surface area contributed by atoms with Gasteiger partial charge < -0.3 is 24.9 Å². The van der Waals surface area contributed by atoms with E-state index in [9.17, 15) is 23.1 Å². The van der Waals surface area contributed by atoms with E-state index in [4.69, 9.17) is 9.47 Å². The molecule has 0 aliphatic rings. The van der Waals surface area contributed by atoms with Gasteiger partial charge in [-0.1, -0.05) is 43.3 Å². The second kappa shape index (κ2) is 12.0. The van der Waals surface area contributed by atoms with Crippen LogP contribution in [-0.2, 0) is 6.42 Å². The number of H-pyrrole nitrogens is 1. The third-order valence-corrected chi connectivity index (χ3v) is 5.95. The second-order valence-electron chi connectivity index (χ2n) is 8.91. The van der Waals surface area contributed by atoms with Crippen molar-refractivity contribution in [2.75, 3.05) is 19.8 Å². The van der Waals surface area contributed by atoms with E-state index in [2.05, 4.69) is 10.3 Å². The van der Waals surface area contributed by atoms with Crippen molar-refractivity contribution in [3.63, 3.8) is 0 Å². The van der Waals surface area contributed by atoms with Crippen molar-refractivity contribution in [3.05, 3.63) is 84.1 Å². The molecule has 0 aliphatic carbocycles. The minimum atomic E-state index is -4.45. The van der Waals surface area contributed by atoms with Crippen LogP contribution in [0.25, 0.3) is 22.0 Å². The predicted molar refractivity (Wildman–Crippen MR) is 142 cm³/mol. The maximum Gasteiger partial charge on any atom is 0.422 e. The molecule has 1 heterocycles. The molecule has 38 heavy (non-hydrogen) atoms. The van der Waals surface area contributed by atoms with E-state index >= 15 is 0 Å². The number of nitrogens with one attached hydrogen (secondary N) is 2. The highest BCUT2D eigenvalue weighted by atomic mass is 19.4. The van der Waals surface area contributed by atoms with Crippen molar-refractivity contribution in [1.82, 2.24) is 10.3 Å². The molecule has 0 radical (unpaired) electrons. The highest BCUT2D eigenvalue weighted by Crippen LogP contribution is 2.30. The zero-order valence-corrected chi connectivity index (χ0v) is 20.8. The van der Waals surface area contributed by atoms with Crippen LogP contribution in [0.3, 0.4) is 0 Å². The molecule has 6 nitrogen and oxygen atoms in total. The zero-order valence-electron chi connectivity index (χ0n) is 20.8. The summed E-state index contributed by atoms with van der Waals surface area (Å²) in [5.74, 6) is 0.0129. The van der Waals surface area contributed by atoms with Gasteiger partial charge in [-0.05, 0) is 59.9 Å². The summed E-state index contributed by atoms with van der Waals surface area (Å²) in [7, 11) is 0. The van der Waals surface area contributed by atoms with Crippen LogP contribution in [0.1, 0.15) is 30.7 Å². The van der Waals surface area contributed by atoms with Crippen molar-refractivity contribution in [3.8, 4) is 22.6 Å². The van der Waals surface area contributed by atoms with E-state index in [1.807, 2.05) is 37.4 Å². The molecule has 3 aromatic carbocycles. The number of hydrogen-bond donors (Lipinski definition) is 3. The van der Waals surface area contributed by atoms with Gasteiger partial charge in [0.15, 0.2) is 6.61 Å². The number of hydrogen-bond acceptors (Lipinski definition) is 4. The summed E-state index contributed by atoms with van der Waals surface area (Å²) in [6.07, 6.45) is -1.43. The number of para-hydroxylation sites is 1. The first-order valence-electron chi connectivity index (χ1n) is 12.3. The van der Waals surface area contributed by atoms with E-state index < -0.39 is 24.7 Å². The van der Waals surface area contributed by atoms with Gasteiger partial charge in [-0.3, -0.25) is 4.79 Å². The van der Waals surface area contributed by atoms with Crippen LogP contribution in [0.15, 0.2) is 72.9 Å². The summed E-state index contributed by atoms with van der Waals surface area (Å²) >= 11 is 0.